The third-order valence-corrected chi connectivity index (χ3v) is 5.03. The van der Waals surface area contributed by atoms with Crippen molar-refractivity contribution in [3.05, 3.63) is 28.2 Å². The fourth-order valence-corrected chi connectivity index (χ4v) is 3.35. The third kappa shape index (κ3) is 3.50. The maximum atomic E-state index is 3.72. The van der Waals surface area contributed by atoms with Gasteiger partial charge in [0.2, 0.25) is 0 Å². The minimum absolute atomic E-state index is 0.672. The lowest BCUT2D eigenvalue weighted by molar-refractivity contribution is 0.319. The summed E-state index contributed by atoms with van der Waals surface area (Å²) in [5.41, 5.74) is 2.62. The van der Waals surface area contributed by atoms with Crippen LogP contribution < -0.4 is 5.32 Å². The van der Waals surface area contributed by atoms with Gasteiger partial charge < -0.3 is 5.32 Å². The van der Waals surface area contributed by atoms with Gasteiger partial charge in [-0.2, -0.15) is 0 Å². The smallest absolute Gasteiger partial charge is 0.0383 e. The zero-order valence-electron chi connectivity index (χ0n) is 11.5. The predicted octanol–water partition coefficient (Wildman–Crippen LogP) is 5.53. The van der Waals surface area contributed by atoms with Crippen LogP contribution in [0.5, 0.6) is 0 Å². The molecular formula is C16H24BrN. The molecule has 1 fully saturated rings. The normalized spacial score (nSPS) is 23.9. The first-order valence-electron chi connectivity index (χ1n) is 7.22. The lowest BCUT2D eigenvalue weighted by Crippen LogP contribution is -2.26. The maximum absolute atomic E-state index is 3.72. The first-order chi connectivity index (χ1) is 8.70. The van der Waals surface area contributed by atoms with Crippen LogP contribution in [0.3, 0.4) is 0 Å². The van der Waals surface area contributed by atoms with E-state index in [1.165, 1.54) is 54.2 Å². The van der Waals surface area contributed by atoms with Crippen molar-refractivity contribution in [2.24, 2.45) is 5.92 Å². The van der Waals surface area contributed by atoms with E-state index in [4.69, 9.17) is 0 Å². The zero-order valence-corrected chi connectivity index (χ0v) is 13.1. The second kappa shape index (κ2) is 6.60. The van der Waals surface area contributed by atoms with Gasteiger partial charge in [0.1, 0.15) is 0 Å². The summed E-state index contributed by atoms with van der Waals surface area (Å²) in [6.07, 6.45) is 8.22. The molecule has 1 aromatic rings. The first-order valence-corrected chi connectivity index (χ1v) is 8.01. The molecule has 1 nitrogen and oxygen atoms in total. The molecule has 2 heteroatoms. The standard InChI is InChI=1S/C16H24BrN/c1-3-5-13-8-10-14(11-9-13)18-16-7-4-6-15(17)12(16)2/h4,6-7,13-14,18H,3,5,8-11H2,1-2H3. The van der Waals surface area contributed by atoms with Gasteiger partial charge in [-0.3, -0.25) is 0 Å². The van der Waals surface area contributed by atoms with E-state index in [1.807, 2.05) is 0 Å². The average Bonchev–Trinajstić information content (AvgIpc) is 2.38. The molecule has 0 unspecified atom stereocenters. The van der Waals surface area contributed by atoms with Gasteiger partial charge in [-0.25, -0.2) is 0 Å². The Morgan fingerprint density at radius 1 is 1.22 bits per heavy atom. The van der Waals surface area contributed by atoms with Crippen molar-refractivity contribution in [3.8, 4) is 0 Å². The summed E-state index contributed by atoms with van der Waals surface area (Å²) < 4.78 is 1.20. The molecule has 0 saturated heterocycles. The summed E-state index contributed by atoms with van der Waals surface area (Å²) in [5, 5.41) is 3.72. The fourth-order valence-electron chi connectivity index (χ4n) is 2.99. The number of benzene rings is 1. The van der Waals surface area contributed by atoms with Gasteiger partial charge in [0.05, 0.1) is 0 Å². The van der Waals surface area contributed by atoms with E-state index in [0.29, 0.717) is 6.04 Å². The van der Waals surface area contributed by atoms with Crippen LogP contribution in [0.4, 0.5) is 5.69 Å². The van der Waals surface area contributed by atoms with Crippen LogP contribution in [-0.2, 0) is 0 Å². The topological polar surface area (TPSA) is 12.0 Å². The largest absolute Gasteiger partial charge is 0.382 e. The Morgan fingerprint density at radius 2 is 1.94 bits per heavy atom. The van der Waals surface area contributed by atoms with Crippen molar-refractivity contribution in [1.82, 2.24) is 0 Å². The van der Waals surface area contributed by atoms with E-state index in [-0.39, 0.29) is 0 Å². The van der Waals surface area contributed by atoms with Gasteiger partial charge in [0.15, 0.2) is 0 Å². The predicted molar refractivity (Wildman–Crippen MR) is 83.2 cm³/mol. The fraction of sp³-hybridized carbons (Fsp3) is 0.625. The van der Waals surface area contributed by atoms with E-state index in [0.717, 1.165) is 5.92 Å². The highest BCUT2D eigenvalue weighted by molar-refractivity contribution is 9.10. The van der Waals surface area contributed by atoms with Crippen LogP contribution in [0.25, 0.3) is 0 Å². The minimum Gasteiger partial charge on any atom is -0.382 e. The summed E-state index contributed by atoms with van der Waals surface area (Å²) in [5.74, 6) is 0.983. The van der Waals surface area contributed by atoms with Crippen LogP contribution >= 0.6 is 15.9 Å². The van der Waals surface area contributed by atoms with E-state index in [9.17, 15) is 0 Å². The number of hydrogen-bond acceptors (Lipinski definition) is 1. The number of halogens is 1. The molecule has 0 aliphatic heterocycles. The van der Waals surface area contributed by atoms with Gasteiger partial charge in [-0.1, -0.05) is 41.8 Å². The molecule has 1 aliphatic rings. The average molecular weight is 310 g/mol. The number of nitrogens with one attached hydrogen (secondary N) is 1. The van der Waals surface area contributed by atoms with E-state index in [2.05, 4.69) is 53.3 Å². The molecule has 1 saturated carbocycles. The van der Waals surface area contributed by atoms with Gasteiger partial charge in [0, 0.05) is 16.2 Å². The van der Waals surface area contributed by atoms with Crippen molar-refractivity contribution in [3.63, 3.8) is 0 Å². The van der Waals surface area contributed by atoms with Crippen molar-refractivity contribution >= 4 is 21.6 Å². The third-order valence-electron chi connectivity index (χ3n) is 4.17. The lowest BCUT2D eigenvalue weighted by atomic mass is 9.83. The molecule has 0 bridgehead atoms. The van der Waals surface area contributed by atoms with Crippen LogP contribution in [0, 0.1) is 12.8 Å². The monoisotopic (exact) mass is 309 g/mol. The minimum atomic E-state index is 0.672. The van der Waals surface area contributed by atoms with Crippen molar-refractivity contribution in [2.75, 3.05) is 5.32 Å². The van der Waals surface area contributed by atoms with Crippen LogP contribution in [0.15, 0.2) is 22.7 Å². The first kappa shape index (κ1) is 13.9. The summed E-state index contributed by atoms with van der Waals surface area (Å²) in [6, 6.07) is 7.09. The Bertz CT molecular complexity index is 381. The van der Waals surface area contributed by atoms with Gasteiger partial charge >= 0.3 is 0 Å². The number of hydrogen-bond donors (Lipinski definition) is 1. The highest BCUT2D eigenvalue weighted by atomic mass is 79.9. The molecule has 1 N–H and O–H groups in total. The van der Waals surface area contributed by atoms with Crippen LogP contribution in [-0.4, -0.2) is 6.04 Å². The van der Waals surface area contributed by atoms with Gasteiger partial charge in [-0.05, 0) is 56.2 Å². The Labute approximate surface area is 119 Å². The highest BCUT2D eigenvalue weighted by Gasteiger charge is 2.20. The highest BCUT2D eigenvalue weighted by Crippen LogP contribution is 2.31. The quantitative estimate of drug-likeness (QED) is 0.771. The summed E-state index contributed by atoms with van der Waals surface area (Å²) in [7, 11) is 0. The number of anilines is 1. The second-order valence-corrected chi connectivity index (χ2v) is 6.42. The molecule has 0 atom stereocenters. The van der Waals surface area contributed by atoms with E-state index >= 15 is 0 Å². The molecule has 0 aromatic heterocycles. The lowest BCUT2D eigenvalue weighted by Gasteiger charge is -2.30. The summed E-state index contributed by atoms with van der Waals surface area (Å²) in [6.45, 7) is 4.48. The molecule has 2 rings (SSSR count). The summed E-state index contributed by atoms with van der Waals surface area (Å²) >= 11 is 3.60. The Morgan fingerprint density at radius 3 is 2.61 bits per heavy atom. The molecule has 0 spiro atoms. The molecule has 100 valence electrons. The van der Waals surface area contributed by atoms with Crippen molar-refractivity contribution < 1.29 is 0 Å². The molecule has 0 heterocycles. The maximum Gasteiger partial charge on any atom is 0.0383 e. The summed E-state index contributed by atoms with van der Waals surface area (Å²) in [4.78, 5) is 0. The Kier molecular flexibility index (Phi) is 5.11. The van der Waals surface area contributed by atoms with Crippen LogP contribution in [0.2, 0.25) is 0 Å². The van der Waals surface area contributed by atoms with Gasteiger partial charge in [0.25, 0.3) is 0 Å². The molecule has 18 heavy (non-hydrogen) atoms. The van der Waals surface area contributed by atoms with E-state index in [1.54, 1.807) is 0 Å². The molecule has 0 radical (unpaired) electrons. The van der Waals surface area contributed by atoms with E-state index < -0.39 is 0 Å². The van der Waals surface area contributed by atoms with Crippen molar-refractivity contribution in [2.45, 2.75) is 58.4 Å². The van der Waals surface area contributed by atoms with Gasteiger partial charge in [-0.15, -0.1) is 0 Å². The SMILES string of the molecule is CCCC1CCC(Nc2cccc(Br)c2C)CC1. The molecule has 1 aromatic carbocycles. The second-order valence-electron chi connectivity index (χ2n) is 5.56. The Hall–Kier alpha value is -0.500. The zero-order chi connectivity index (χ0) is 13.0. The number of rotatable bonds is 4. The Balaban J connectivity index is 1.90. The molecule has 0 amide bonds. The molecule has 1 aliphatic carbocycles. The van der Waals surface area contributed by atoms with Crippen molar-refractivity contribution in [1.29, 1.82) is 0 Å². The van der Waals surface area contributed by atoms with Crippen LogP contribution in [0.1, 0.15) is 51.0 Å². The molecular weight excluding hydrogens is 286 g/mol.